The van der Waals surface area contributed by atoms with Crippen LogP contribution in [0, 0.1) is 0 Å². The number of hydrogen-bond acceptors (Lipinski definition) is 5. The fourth-order valence-corrected chi connectivity index (χ4v) is 4.11. The second-order valence-corrected chi connectivity index (χ2v) is 10.1. The number of ether oxygens (including phenoxy) is 2. The molecule has 0 saturated carbocycles. The second kappa shape index (κ2) is 9.07. The van der Waals surface area contributed by atoms with Crippen LogP contribution in [0.4, 0.5) is 0 Å². The van der Waals surface area contributed by atoms with Crippen LogP contribution in [0.5, 0.6) is 0 Å². The topological polar surface area (TPSA) is 66.4 Å². The van der Waals surface area contributed by atoms with E-state index >= 15 is 0 Å². The predicted octanol–water partition coefficient (Wildman–Crippen LogP) is 4.52. The van der Waals surface area contributed by atoms with E-state index < -0.39 is 11.4 Å². The standard InChI is InChI=1S/C20H27ClN2O3S/c1-20(2,3)27(24)23-17(9-10-19-25-11-6-12-26-19)15-13-18(21)22-16-8-5-4-7-14(15)16/h4-5,7-8,13,17,19,23H,6,9-12H2,1-3H3/t17?,27-/m0/s1. The maximum Gasteiger partial charge on any atom is 0.157 e. The molecule has 1 aromatic heterocycles. The van der Waals surface area contributed by atoms with Crippen LogP contribution in [0.25, 0.3) is 10.9 Å². The van der Waals surface area contributed by atoms with Crippen LogP contribution in [-0.4, -0.2) is 33.8 Å². The number of benzene rings is 1. The molecule has 3 rings (SSSR count). The number of nitrogens with one attached hydrogen (secondary N) is 1. The highest BCUT2D eigenvalue weighted by molar-refractivity contribution is 7.90. The first-order valence-corrected chi connectivity index (χ1v) is 10.8. The lowest BCUT2D eigenvalue weighted by molar-refractivity contribution is -0.182. The van der Waals surface area contributed by atoms with Crippen LogP contribution in [0.15, 0.2) is 30.3 Å². The Labute approximate surface area is 169 Å². The molecule has 1 N–H and O–H groups in total. The van der Waals surface area contributed by atoms with Crippen LogP contribution in [0.2, 0.25) is 5.15 Å². The summed E-state index contributed by atoms with van der Waals surface area (Å²) >= 11 is 5.06. The van der Waals surface area contributed by atoms with Crippen LogP contribution in [0.3, 0.4) is 0 Å². The average Bonchev–Trinajstić information content (AvgIpc) is 2.64. The third kappa shape index (κ3) is 5.56. The summed E-state index contributed by atoms with van der Waals surface area (Å²) in [7, 11) is 0. The van der Waals surface area contributed by atoms with Gasteiger partial charge in [0.1, 0.15) is 9.90 Å². The van der Waals surface area contributed by atoms with Gasteiger partial charge in [-0.25, -0.2) is 4.98 Å². The Morgan fingerprint density at radius 3 is 2.70 bits per heavy atom. The number of pyridine rings is 1. The van der Waals surface area contributed by atoms with Crippen molar-refractivity contribution >= 4 is 33.9 Å². The summed E-state index contributed by atoms with van der Waals surface area (Å²) in [5.74, 6) is 0. The zero-order chi connectivity index (χ0) is 19.4. The lowest BCUT2D eigenvalue weighted by Crippen LogP contribution is -2.41. The molecule has 0 amide bonds. The van der Waals surface area contributed by atoms with Crippen molar-refractivity contribution in [1.82, 2.24) is 9.71 Å². The lowest BCUT2D eigenvalue weighted by Gasteiger charge is -2.30. The highest BCUT2D eigenvalue weighted by Gasteiger charge is 2.31. The number of para-hydroxylation sites is 1. The van der Waals surface area contributed by atoms with Gasteiger partial charge in [-0.3, -0.25) is 0 Å². The van der Waals surface area contributed by atoms with Crippen molar-refractivity contribution in [3.8, 4) is 0 Å². The Balaban J connectivity index is 1.88. The molecule has 5 nitrogen and oxygen atoms in total. The fourth-order valence-electron chi connectivity index (χ4n) is 3.05. The van der Waals surface area contributed by atoms with Crippen LogP contribution < -0.4 is 4.72 Å². The Morgan fingerprint density at radius 2 is 2.00 bits per heavy atom. The first-order chi connectivity index (χ1) is 12.8. The first kappa shape index (κ1) is 20.8. The number of fused-ring (bicyclic) bond motifs is 1. The quantitative estimate of drug-likeness (QED) is 0.560. The number of halogens is 1. The molecule has 1 fully saturated rings. The van der Waals surface area contributed by atoms with Crippen molar-refractivity contribution in [2.45, 2.75) is 57.1 Å². The Kier molecular flexibility index (Phi) is 7.00. The third-order valence-corrected chi connectivity index (χ3v) is 6.29. The molecular weight excluding hydrogens is 384 g/mol. The molecule has 0 radical (unpaired) electrons. The van der Waals surface area contributed by atoms with E-state index in [9.17, 15) is 4.55 Å². The molecule has 2 aromatic rings. The molecule has 2 heterocycles. The summed E-state index contributed by atoms with van der Waals surface area (Å²) in [5.41, 5.74) is 1.83. The minimum absolute atomic E-state index is 0.149. The van der Waals surface area contributed by atoms with Crippen molar-refractivity contribution < 1.29 is 14.0 Å². The third-order valence-electron chi connectivity index (χ3n) is 4.49. The zero-order valence-electron chi connectivity index (χ0n) is 16.0. The van der Waals surface area contributed by atoms with Crippen molar-refractivity contribution in [3.05, 3.63) is 41.0 Å². The Hall–Kier alpha value is -0.890. The van der Waals surface area contributed by atoms with Gasteiger partial charge in [0, 0.05) is 23.2 Å². The highest BCUT2D eigenvalue weighted by atomic mass is 35.5. The molecule has 0 spiro atoms. The monoisotopic (exact) mass is 410 g/mol. The van der Waals surface area contributed by atoms with E-state index in [-0.39, 0.29) is 17.1 Å². The molecule has 2 atom stereocenters. The van der Waals surface area contributed by atoms with Crippen LogP contribution in [-0.2, 0) is 20.8 Å². The first-order valence-electron chi connectivity index (χ1n) is 9.31. The Morgan fingerprint density at radius 1 is 1.30 bits per heavy atom. The van der Waals surface area contributed by atoms with Gasteiger partial charge < -0.3 is 14.0 Å². The van der Waals surface area contributed by atoms with E-state index in [1.165, 1.54) is 0 Å². The smallest absolute Gasteiger partial charge is 0.157 e. The van der Waals surface area contributed by atoms with Gasteiger partial charge in [-0.1, -0.05) is 29.8 Å². The van der Waals surface area contributed by atoms with E-state index in [2.05, 4.69) is 9.71 Å². The lowest BCUT2D eigenvalue weighted by atomic mass is 9.99. The Bertz CT molecular complexity index is 762. The molecule has 1 aromatic carbocycles. The summed E-state index contributed by atoms with van der Waals surface area (Å²) in [4.78, 5) is 4.41. The zero-order valence-corrected chi connectivity index (χ0v) is 17.6. The molecule has 1 aliphatic heterocycles. The van der Waals surface area contributed by atoms with E-state index in [4.69, 9.17) is 21.1 Å². The van der Waals surface area contributed by atoms with Gasteiger partial charge in [0.2, 0.25) is 0 Å². The van der Waals surface area contributed by atoms with Crippen molar-refractivity contribution in [2.75, 3.05) is 13.2 Å². The summed E-state index contributed by atoms with van der Waals surface area (Å²) in [6.45, 7) is 7.32. The van der Waals surface area contributed by atoms with Gasteiger partial charge in [0.25, 0.3) is 0 Å². The number of aromatic nitrogens is 1. The van der Waals surface area contributed by atoms with Crippen molar-refractivity contribution in [1.29, 1.82) is 0 Å². The molecule has 7 heteroatoms. The SMILES string of the molecule is CC(C)(C)[S@+]([O-])NC(CCC1OCCCO1)c1cc(Cl)nc2ccccc12. The molecule has 27 heavy (non-hydrogen) atoms. The maximum absolute atomic E-state index is 12.8. The molecule has 148 valence electrons. The number of rotatable bonds is 6. The number of nitrogens with zero attached hydrogens (tertiary/aromatic N) is 1. The van der Waals surface area contributed by atoms with Crippen LogP contribution in [0.1, 0.15) is 51.6 Å². The molecular formula is C20H27ClN2O3S. The van der Waals surface area contributed by atoms with Gasteiger partial charge >= 0.3 is 0 Å². The highest BCUT2D eigenvalue weighted by Crippen LogP contribution is 2.31. The van der Waals surface area contributed by atoms with Gasteiger partial charge in [0.05, 0.1) is 24.8 Å². The van der Waals surface area contributed by atoms with E-state index in [1.54, 1.807) is 0 Å². The van der Waals surface area contributed by atoms with Gasteiger partial charge in [-0.2, -0.15) is 0 Å². The van der Waals surface area contributed by atoms with Gasteiger partial charge in [0.15, 0.2) is 6.29 Å². The number of hydrogen-bond donors (Lipinski definition) is 1. The van der Waals surface area contributed by atoms with Gasteiger partial charge in [-0.05, 0) is 51.3 Å². The molecule has 0 aliphatic carbocycles. The molecule has 1 aliphatic rings. The van der Waals surface area contributed by atoms with E-state index in [0.29, 0.717) is 11.6 Å². The van der Waals surface area contributed by atoms with Crippen molar-refractivity contribution in [3.63, 3.8) is 0 Å². The fraction of sp³-hybridized carbons (Fsp3) is 0.550. The summed E-state index contributed by atoms with van der Waals surface area (Å²) in [6, 6.07) is 9.60. The second-order valence-electron chi connectivity index (χ2n) is 7.70. The van der Waals surface area contributed by atoms with E-state index in [1.807, 2.05) is 51.1 Å². The largest absolute Gasteiger partial charge is 0.598 e. The minimum Gasteiger partial charge on any atom is -0.598 e. The summed E-state index contributed by atoms with van der Waals surface area (Å²) in [5, 5.41) is 1.44. The van der Waals surface area contributed by atoms with E-state index in [0.717, 1.165) is 42.5 Å². The molecule has 1 unspecified atom stereocenters. The van der Waals surface area contributed by atoms with Gasteiger partial charge in [-0.15, -0.1) is 4.72 Å². The normalized spacial score (nSPS) is 18.6. The van der Waals surface area contributed by atoms with Crippen molar-refractivity contribution in [2.24, 2.45) is 0 Å². The minimum atomic E-state index is -1.22. The molecule has 1 saturated heterocycles. The maximum atomic E-state index is 12.8. The predicted molar refractivity (Wildman–Crippen MR) is 110 cm³/mol. The van der Waals surface area contributed by atoms with Crippen LogP contribution >= 0.6 is 11.6 Å². The summed E-state index contributed by atoms with van der Waals surface area (Å²) in [6.07, 6.45) is 2.15. The average molecular weight is 411 g/mol. The molecule has 0 bridgehead atoms. The summed E-state index contributed by atoms with van der Waals surface area (Å²) < 4.78 is 27.1.